The van der Waals surface area contributed by atoms with Crippen molar-refractivity contribution in [2.45, 2.75) is 38.2 Å². The summed E-state index contributed by atoms with van der Waals surface area (Å²) in [5.41, 5.74) is 0.685. The zero-order valence-corrected chi connectivity index (χ0v) is 8.22. The van der Waals surface area contributed by atoms with Crippen LogP contribution in [-0.2, 0) is 4.74 Å². The molecule has 0 radical (unpaired) electrons. The van der Waals surface area contributed by atoms with Gasteiger partial charge in [-0.15, -0.1) is 0 Å². The molecule has 0 amide bonds. The molecule has 13 heavy (non-hydrogen) atoms. The molecule has 0 unspecified atom stereocenters. The summed E-state index contributed by atoms with van der Waals surface area (Å²) in [5.74, 6) is 1.03. The van der Waals surface area contributed by atoms with Gasteiger partial charge in [-0.2, -0.15) is 0 Å². The Morgan fingerprint density at radius 3 is 2.54 bits per heavy atom. The second-order valence-electron chi connectivity index (χ2n) is 5.24. The Balaban J connectivity index is 1.30. The molecule has 2 nitrogen and oxygen atoms in total. The predicted octanol–water partition coefficient (Wildman–Crippen LogP) is 1.56. The van der Waals surface area contributed by atoms with E-state index in [1.165, 1.54) is 45.2 Å². The van der Waals surface area contributed by atoms with Gasteiger partial charge in [0.2, 0.25) is 0 Å². The minimum Gasteiger partial charge on any atom is -0.378 e. The second kappa shape index (κ2) is 2.96. The molecule has 0 bridgehead atoms. The third-order valence-electron chi connectivity index (χ3n) is 3.90. The van der Waals surface area contributed by atoms with Crippen LogP contribution in [0.1, 0.15) is 32.1 Å². The molecule has 1 N–H and O–H groups in total. The summed E-state index contributed by atoms with van der Waals surface area (Å²) in [6, 6.07) is 0. The maximum atomic E-state index is 5.83. The van der Waals surface area contributed by atoms with Gasteiger partial charge in [0.15, 0.2) is 0 Å². The van der Waals surface area contributed by atoms with Crippen molar-refractivity contribution in [3.05, 3.63) is 0 Å². The molecular formula is C11H19NO. The zero-order valence-electron chi connectivity index (χ0n) is 8.22. The van der Waals surface area contributed by atoms with Gasteiger partial charge in [0.1, 0.15) is 0 Å². The van der Waals surface area contributed by atoms with Gasteiger partial charge >= 0.3 is 0 Å². The highest BCUT2D eigenvalue weighted by molar-refractivity contribution is 5.03. The standard InChI is InChI=1S/C11H19NO/c1-2-9(1)3-4-13-10-5-11(6-10)7-12-8-11/h9-10,12H,1-8H2. The summed E-state index contributed by atoms with van der Waals surface area (Å²) >= 11 is 0. The van der Waals surface area contributed by atoms with Crippen LogP contribution in [0.4, 0.5) is 0 Å². The van der Waals surface area contributed by atoms with E-state index in [9.17, 15) is 0 Å². The molecule has 3 fully saturated rings. The molecule has 1 spiro atoms. The predicted molar refractivity (Wildman–Crippen MR) is 51.6 cm³/mol. The summed E-state index contributed by atoms with van der Waals surface area (Å²) in [5, 5.41) is 3.35. The van der Waals surface area contributed by atoms with E-state index in [2.05, 4.69) is 5.32 Å². The average Bonchev–Trinajstić information content (AvgIpc) is 2.73. The zero-order chi connectivity index (χ0) is 8.73. The Hall–Kier alpha value is -0.0800. The van der Waals surface area contributed by atoms with Crippen LogP contribution in [0.15, 0.2) is 0 Å². The van der Waals surface area contributed by atoms with Crippen LogP contribution in [0.25, 0.3) is 0 Å². The van der Waals surface area contributed by atoms with Gasteiger partial charge in [0.05, 0.1) is 6.10 Å². The van der Waals surface area contributed by atoms with E-state index in [1.54, 1.807) is 0 Å². The summed E-state index contributed by atoms with van der Waals surface area (Å²) in [6.07, 6.45) is 7.50. The van der Waals surface area contributed by atoms with E-state index >= 15 is 0 Å². The third kappa shape index (κ3) is 1.62. The summed E-state index contributed by atoms with van der Waals surface area (Å²) in [7, 11) is 0. The van der Waals surface area contributed by atoms with Gasteiger partial charge in [-0.1, -0.05) is 12.8 Å². The van der Waals surface area contributed by atoms with Crippen LogP contribution in [0.5, 0.6) is 0 Å². The molecule has 1 saturated heterocycles. The Morgan fingerprint density at radius 1 is 1.23 bits per heavy atom. The lowest BCUT2D eigenvalue weighted by Crippen LogP contribution is -2.62. The first-order valence-corrected chi connectivity index (χ1v) is 5.69. The highest BCUT2D eigenvalue weighted by atomic mass is 16.5. The fraction of sp³-hybridized carbons (Fsp3) is 1.00. The minimum absolute atomic E-state index is 0.612. The van der Waals surface area contributed by atoms with Gasteiger partial charge in [-0.25, -0.2) is 0 Å². The second-order valence-corrected chi connectivity index (χ2v) is 5.24. The van der Waals surface area contributed by atoms with Crippen LogP contribution in [-0.4, -0.2) is 25.8 Å². The van der Waals surface area contributed by atoms with E-state index in [0.29, 0.717) is 11.5 Å². The van der Waals surface area contributed by atoms with Crippen LogP contribution in [0.2, 0.25) is 0 Å². The van der Waals surface area contributed by atoms with Crippen molar-refractivity contribution in [1.29, 1.82) is 0 Å². The van der Waals surface area contributed by atoms with Gasteiger partial charge < -0.3 is 10.1 Å². The first kappa shape index (κ1) is 8.25. The minimum atomic E-state index is 0.612. The maximum Gasteiger partial charge on any atom is 0.0587 e. The fourth-order valence-corrected chi connectivity index (χ4v) is 2.60. The van der Waals surface area contributed by atoms with Gasteiger partial charge in [0, 0.05) is 25.1 Å². The maximum absolute atomic E-state index is 5.83. The van der Waals surface area contributed by atoms with Crippen molar-refractivity contribution < 1.29 is 4.74 Å². The Labute approximate surface area is 80.0 Å². The van der Waals surface area contributed by atoms with Crippen molar-refractivity contribution in [2.24, 2.45) is 11.3 Å². The topological polar surface area (TPSA) is 21.3 Å². The third-order valence-corrected chi connectivity index (χ3v) is 3.90. The van der Waals surface area contributed by atoms with Gasteiger partial charge in [0.25, 0.3) is 0 Å². The number of hydrogen-bond donors (Lipinski definition) is 1. The van der Waals surface area contributed by atoms with Crippen LogP contribution in [0, 0.1) is 11.3 Å². The van der Waals surface area contributed by atoms with E-state index < -0.39 is 0 Å². The van der Waals surface area contributed by atoms with Crippen LogP contribution < -0.4 is 5.32 Å². The van der Waals surface area contributed by atoms with E-state index in [0.717, 1.165) is 12.5 Å². The number of hydrogen-bond acceptors (Lipinski definition) is 2. The van der Waals surface area contributed by atoms with Crippen molar-refractivity contribution >= 4 is 0 Å². The number of nitrogens with one attached hydrogen (secondary N) is 1. The fourth-order valence-electron chi connectivity index (χ4n) is 2.60. The van der Waals surface area contributed by atoms with Crippen LogP contribution >= 0.6 is 0 Å². The molecular weight excluding hydrogens is 162 g/mol. The Kier molecular flexibility index (Phi) is 1.88. The average molecular weight is 181 g/mol. The van der Waals surface area contributed by atoms with Crippen molar-refractivity contribution in [3.63, 3.8) is 0 Å². The van der Waals surface area contributed by atoms with E-state index in [4.69, 9.17) is 4.74 Å². The van der Waals surface area contributed by atoms with Gasteiger partial charge in [-0.3, -0.25) is 0 Å². The molecule has 1 aliphatic heterocycles. The Bertz CT molecular complexity index is 188. The molecule has 1 heterocycles. The molecule has 3 rings (SSSR count). The molecule has 2 heteroatoms. The Morgan fingerprint density at radius 2 is 2.00 bits per heavy atom. The molecule has 2 saturated carbocycles. The summed E-state index contributed by atoms with van der Waals surface area (Å²) in [4.78, 5) is 0. The smallest absolute Gasteiger partial charge is 0.0587 e. The largest absolute Gasteiger partial charge is 0.378 e. The number of rotatable bonds is 4. The van der Waals surface area contributed by atoms with E-state index in [-0.39, 0.29) is 0 Å². The first-order chi connectivity index (χ1) is 6.36. The van der Waals surface area contributed by atoms with Gasteiger partial charge in [-0.05, 0) is 25.2 Å². The molecule has 0 aromatic rings. The molecule has 2 aliphatic carbocycles. The van der Waals surface area contributed by atoms with Crippen LogP contribution in [0.3, 0.4) is 0 Å². The lowest BCUT2D eigenvalue weighted by atomic mass is 9.63. The molecule has 74 valence electrons. The monoisotopic (exact) mass is 181 g/mol. The molecule has 0 aromatic heterocycles. The SMILES string of the molecule is C(CC1CC1)OC1CC2(CNC2)C1. The van der Waals surface area contributed by atoms with Crippen molar-refractivity contribution in [3.8, 4) is 0 Å². The lowest BCUT2D eigenvalue weighted by Gasteiger charge is -2.54. The molecule has 3 aliphatic rings. The quantitative estimate of drug-likeness (QED) is 0.710. The molecule has 0 aromatic carbocycles. The van der Waals surface area contributed by atoms with E-state index in [1.807, 2.05) is 0 Å². The van der Waals surface area contributed by atoms with Crippen molar-refractivity contribution in [1.82, 2.24) is 5.32 Å². The highest BCUT2D eigenvalue weighted by Crippen LogP contribution is 2.45. The number of ether oxygens (including phenoxy) is 1. The summed E-state index contributed by atoms with van der Waals surface area (Å²) in [6.45, 7) is 3.52. The normalized spacial score (nSPS) is 31.4. The first-order valence-electron chi connectivity index (χ1n) is 5.69. The van der Waals surface area contributed by atoms with Crippen molar-refractivity contribution in [2.75, 3.05) is 19.7 Å². The lowest BCUT2D eigenvalue weighted by molar-refractivity contribution is -0.104. The summed E-state index contributed by atoms with van der Waals surface area (Å²) < 4.78 is 5.83. The highest BCUT2D eigenvalue weighted by Gasteiger charge is 2.48. The molecule has 0 atom stereocenters.